The normalized spacial score (nSPS) is 21.4. The van der Waals surface area contributed by atoms with Crippen LogP contribution in [-0.2, 0) is 13.6 Å². The lowest BCUT2D eigenvalue weighted by molar-refractivity contribution is -0.0243. The third-order valence-corrected chi connectivity index (χ3v) is 20.9. The highest BCUT2D eigenvalue weighted by molar-refractivity contribution is 6.78. The molecule has 0 radical (unpaired) electrons. The fourth-order valence-corrected chi connectivity index (χ4v) is 18.2. The first-order valence-corrected chi connectivity index (χ1v) is 18.5. The van der Waals surface area contributed by atoms with Crippen LogP contribution in [-0.4, -0.2) is 39.9 Å². The first kappa shape index (κ1) is 31.8. The predicted octanol–water partition coefficient (Wildman–Crippen LogP) is 8.71. The second kappa shape index (κ2) is 12.6. The topological polar surface area (TPSA) is 66.6 Å². The van der Waals surface area contributed by atoms with Gasteiger partial charge in [0.2, 0.25) is 16.6 Å². The van der Waals surface area contributed by atoms with E-state index in [0.29, 0.717) is 38.9 Å². The molecule has 1 aliphatic heterocycles. The number of rotatable bonds is 12. The molecule has 1 aliphatic rings. The van der Waals surface area contributed by atoms with Gasteiger partial charge in [-0.15, -0.1) is 0 Å². The lowest BCUT2D eigenvalue weighted by atomic mass is 10.0. The van der Waals surface area contributed by atoms with E-state index in [-0.39, 0.29) is 18.3 Å². The molecule has 0 bridgehead atoms. The second-order valence-electron chi connectivity index (χ2n) is 12.6. The van der Waals surface area contributed by atoms with Crippen molar-refractivity contribution in [2.24, 2.45) is 0 Å². The first-order chi connectivity index (χ1) is 17.2. The van der Waals surface area contributed by atoms with Gasteiger partial charge in [0.15, 0.2) is 0 Å². The van der Waals surface area contributed by atoms with Crippen LogP contribution in [0.2, 0.25) is 33.2 Å². The molecule has 210 valence electrons. The van der Waals surface area contributed by atoms with E-state index in [1.165, 1.54) is 0 Å². The molecule has 0 unspecified atom stereocenters. The van der Waals surface area contributed by atoms with Crippen molar-refractivity contribution in [2.45, 2.75) is 135 Å². The zero-order valence-electron chi connectivity index (χ0n) is 25.5. The molecule has 1 aromatic rings. The summed E-state index contributed by atoms with van der Waals surface area (Å²) in [6.07, 6.45) is 6.55. The fourth-order valence-electron chi connectivity index (χ4n) is 7.17. The van der Waals surface area contributed by atoms with Gasteiger partial charge < -0.3 is 19.3 Å². The van der Waals surface area contributed by atoms with E-state index in [1.54, 1.807) is 12.4 Å². The van der Waals surface area contributed by atoms with Crippen molar-refractivity contribution >= 4 is 28.1 Å². The minimum absolute atomic E-state index is 0.263. The van der Waals surface area contributed by atoms with Crippen LogP contribution >= 0.6 is 0 Å². The molecule has 37 heavy (non-hydrogen) atoms. The number of anilines is 1. The third kappa shape index (κ3) is 6.10. The quantitative estimate of drug-likeness (QED) is 0.210. The molecule has 0 aromatic carbocycles. The molecule has 1 aromatic heterocycles. The molecule has 3 atom stereocenters. The fraction of sp³-hybridized carbons (Fsp3) is 0.700. The molecule has 0 fully saturated rings. The molecule has 2 heterocycles. The first-order valence-electron chi connectivity index (χ1n) is 14.2. The van der Waals surface area contributed by atoms with Crippen molar-refractivity contribution in [1.29, 1.82) is 0 Å². The summed E-state index contributed by atoms with van der Waals surface area (Å²) in [7, 11) is -4.48. The molecular formula is C30H54N2O3Si2. The standard InChI is InChI=1S/C30H54N2O3Si2/c1-14-27-30(35-37(22(8)9,23(10)11)24(12)13)29(34-36(19(2)3,20(4)5)21(6)7)17-28(33-27)25-15-16-32-18-26(25)31/h14-24,27,29-30H,1,31H2,2-13H3/t27-,29-,30-/m1/s1. The van der Waals surface area contributed by atoms with E-state index in [1.807, 2.05) is 12.1 Å². The zero-order chi connectivity index (χ0) is 28.3. The Kier molecular flexibility index (Phi) is 10.9. The minimum Gasteiger partial charge on any atom is -0.483 e. The van der Waals surface area contributed by atoms with Gasteiger partial charge in [0.05, 0.1) is 18.0 Å². The highest BCUT2D eigenvalue weighted by atomic mass is 28.4. The summed E-state index contributed by atoms with van der Waals surface area (Å²) in [4.78, 5) is 4.18. The van der Waals surface area contributed by atoms with Crippen molar-refractivity contribution in [1.82, 2.24) is 4.98 Å². The summed E-state index contributed by atoms with van der Waals surface area (Å²) < 4.78 is 21.5. The van der Waals surface area contributed by atoms with Gasteiger partial charge in [-0.25, -0.2) is 0 Å². The molecule has 0 spiro atoms. The van der Waals surface area contributed by atoms with Gasteiger partial charge in [0.25, 0.3) is 0 Å². The van der Waals surface area contributed by atoms with Gasteiger partial charge in [-0.3, -0.25) is 4.98 Å². The van der Waals surface area contributed by atoms with E-state index in [9.17, 15) is 0 Å². The van der Waals surface area contributed by atoms with Crippen LogP contribution < -0.4 is 5.73 Å². The minimum atomic E-state index is -2.24. The van der Waals surface area contributed by atoms with Gasteiger partial charge in [-0.2, -0.15) is 0 Å². The highest BCUT2D eigenvalue weighted by Gasteiger charge is 2.53. The maximum absolute atomic E-state index is 7.46. The Hall–Kier alpha value is -1.42. The molecule has 0 saturated heterocycles. The smallest absolute Gasteiger partial charge is 0.201 e. The molecule has 5 nitrogen and oxygen atoms in total. The molecule has 0 aliphatic carbocycles. The average molecular weight is 547 g/mol. The predicted molar refractivity (Wildman–Crippen MR) is 164 cm³/mol. The number of nitrogen functional groups attached to an aromatic ring is 1. The monoisotopic (exact) mass is 546 g/mol. The van der Waals surface area contributed by atoms with Crippen LogP contribution in [0, 0.1) is 0 Å². The second-order valence-corrected chi connectivity index (χ2v) is 23.4. The van der Waals surface area contributed by atoms with Gasteiger partial charge in [0.1, 0.15) is 18.0 Å². The summed E-state index contributed by atoms with van der Waals surface area (Å²) in [5.41, 5.74) is 10.4. The summed E-state index contributed by atoms with van der Waals surface area (Å²) in [5.74, 6) is 0.722. The number of nitrogens with zero attached hydrogens (tertiary/aromatic N) is 1. The number of aromatic nitrogens is 1. The number of hydrogen-bond donors (Lipinski definition) is 1. The number of nitrogens with two attached hydrogens (primary N) is 1. The number of hydrogen-bond acceptors (Lipinski definition) is 5. The Balaban J connectivity index is 2.77. The van der Waals surface area contributed by atoms with E-state index in [4.69, 9.17) is 19.3 Å². The molecule has 7 heteroatoms. The molecule has 0 amide bonds. The summed E-state index contributed by atoms with van der Waals surface area (Å²) in [6.45, 7) is 32.1. The van der Waals surface area contributed by atoms with E-state index in [0.717, 1.165) is 11.3 Å². The summed E-state index contributed by atoms with van der Waals surface area (Å²) in [5, 5.41) is 0. The van der Waals surface area contributed by atoms with Crippen LogP contribution in [0.3, 0.4) is 0 Å². The van der Waals surface area contributed by atoms with Crippen molar-refractivity contribution in [3.05, 3.63) is 42.8 Å². The zero-order valence-corrected chi connectivity index (χ0v) is 27.5. The SMILES string of the molecule is C=C[C@H]1OC(c2ccncc2N)=C[C@@H](O[Si](C(C)C)(C(C)C)C(C)C)[C@@H]1O[Si](C(C)C)(C(C)C)C(C)C. The Labute approximate surface area is 229 Å². The highest BCUT2D eigenvalue weighted by Crippen LogP contribution is 2.48. The lowest BCUT2D eigenvalue weighted by Gasteiger charge is -2.51. The van der Waals surface area contributed by atoms with Crippen molar-refractivity contribution in [3.63, 3.8) is 0 Å². The maximum atomic E-state index is 7.46. The van der Waals surface area contributed by atoms with Crippen LogP contribution in [0.5, 0.6) is 0 Å². The van der Waals surface area contributed by atoms with Crippen molar-refractivity contribution < 1.29 is 13.6 Å². The molecule has 2 N–H and O–H groups in total. The Bertz CT molecular complexity index is 884. The summed E-state index contributed by atoms with van der Waals surface area (Å²) >= 11 is 0. The van der Waals surface area contributed by atoms with Crippen molar-refractivity contribution in [2.75, 3.05) is 5.73 Å². The number of ether oxygens (including phenoxy) is 1. The molecule has 2 rings (SSSR count). The van der Waals surface area contributed by atoms with Gasteiger partial charge >= 0.3 is 0 Å². The van der Waals surface area contributed by atoms with Crippen LogP contribution in [0.4, 0.5) is 5.69 Å². The van der Waals surface area contributed by atoms with Crippen LogP contribution in [0.25, 0.3) is 5.76 Å². The summed E-state index contributed by atoms with van der Waals surface area (Å²) in [6, 6.07) is 1.91. The van der Waals surface area contributed by atoms with E-state index < -0.39 is 16.6 Å². The Morgan fingerprint density at radius 1 is 0.838 bits per heavy atom. The third-order valence-electron chi connectivity index (χ3n) is 8.67. The largest absolute Gasteiger partial charge is 0.483 e. The van der Waals surface area contributed by atoms with Crippen molar-refractivity contribution in [3.8, 4) is 0 Å². The maximum Gasteiger partial charge on any atom is 0.201 e. The Morgan fingerprint density at radius 2 is 1.30 bits per heavy atom. The average Bonchev–Trinajstić information content (AvgIpc) is 2.79. The lowest BCUT2D eigenvalue weighted by Crippen LogP contribution is -2.59. The van der Waals surface area contributed by atoms with Crippen LogP contribution in [0.15, 0.2) is 37.2 Å². The van der Waals surface area contributed by atoms with E-state index >= 15 is 0 Å². The van der Waals surface area contributed by atoms with Crippen LogP contribution in [0.1, 0.15) is 88.6 Å². The molecule has 0 saturated carbocycles. The van der Waals surface area contributed by atoms with Gasteiger partial charge in [-0.05, 0) is 51.5 Å². The number of pyridine rings is 1. The Morgan fingerprint density at radius 3 is 1.70 bits per heavy atom. The van der Waals surface area contributed by atoms with Gasteiger partial charge in [0, 0.05) is 11.8 Å². The van der Waals surface area contributed by atoms with Gasteiger partial charge in [-0.1, -0.05) is 89.7 Å². The van der Waals surface area contributed by atoms with E-state index in [2.05, 4.69) is 101 Å². The molecular weight excluding hydrogens is 493 g/mol.